The van der Waals surface area contributed by atoms with Crippen molar-refractivity contribution in [1.29, 1.82) is 0 Å². The molecule has 2 unspecified atom stereocenters. The Kier molecular flexibility index (Phi) is 3.31. The molecule has 3 nitrogen and oxygen atoms in total. The fraction of sp³-hybridized carbons (Fsp3) is 0.538. The minimum Gasteiger partial charge on any atom is -0.505 e. The maximum Gasteiger partial charge on any atom is 0.152 e. The first-order valence-corrected chi connectivity index (χ1v) is 7.09. The molecule has 0 radical (unpaired) electrons. The van der Waals surface area contributed by atoms with Gasteiger partial charge in [0.05, 0.1) is 10.0 Å². The van der Waals surface area contributed by atoms with Crippen LogP contribution in [0.5, 0.6) is 5.75 Å². The van der Waals surface area contributed by atoms with Crippen molar-refractivity contribution < 1.29 is 5.11 Å². The zero-order valence-corrected chi connectivity index (χ0v) is 11.5. The zero-order chi connectivity index (χ0) is 12.7. The summed E-state index contributed by atoms with van der Waals surface area (Å²) >= 11 is 11.9. The molecule has 2 fully saturated rings. The number of nitrogens with one attached hydrogen (secondary N) is 1. The Morgan fingerprint density at radius 2 is 1.89 bits per heavy atom. The molecule has 2 aliphatic rings. The van der Waals surface area contributed by atoms with E-state index >= 15 is 0 Å². The van der Waals surface area contributed by atoms with Crippen LogP contribution in [0.4, 0.5) is 5.69 Å². The first kappa shape index (κ1) is 12.4. The number of hydrogen-bond acceptors (Lipinski definition) is 3. The quantitative estimate of drug-likeness (QED) is 0.819. The molecule has 2 heterocycles. The van der Waals surface area contributed by atoms with Crippen molar-refractivity contribution in [3.8, 4) is 5.75 Å². The molecule has 0 spiro atoms. The minimum atomic E-state index is -0.0437. The van der Waals surface area contributed by atoms with Crippen molar-refractivity contribution in [2.45, 2.75) is 31.3 Å². The minimum absolute atomic E-state index is 0.0437. The average Bonchev–Trinajstić information content (AvgIpc) is 2.91. The van der Waals surface area contributed by atoms with Crippen molar-refractivity contribution in [3.05, 3.63) is 22.2 Å². The van der Waals surface area contributed by atoms with E-state index in [4.69, 9.17) is 23.2 Å². The number of nitrogens with zero attached hydrogens (tertiary/aromatic N) is 1. The summed E-state index contributed by atoms with van der Waals surface area (Å²) in [5.74, 6) is -0.0437. The van der Waals surface area contributed by atoms with Gasteiger partial charge < -0.3 is 10.4 Å². The van der Waals surface area contributed by atoms with Gasteiger partial charge in [-0.3, -0.25) is 4.90 Å². The van der Waals surface area contributed by atoms with Crippen LogP contribution in [-0.4, -0.2) is 35.2 Å². The molecule has 0 aliphatic carbocycles. The molecule has 0 saturated carbocycles. The summed E-state index contributed by atoms with van der Waals surface area (Å²) in [4.78, 5) is 2.54. The fourth-order valence-electron chi connectivity index (χ4n) is 3.11. The second kappa shape index (κ2) is 4.80. The Morgan fingerprint density at radius 3 is 2.61 bits per heavy atom. The standard InChI is InChI=1S/C13H16Cl2N2O/c14-9-6-8(7-10(15)13(9)18)16-11-3-5-17-4-1-2-12(11)17/h6-7,11-12,16,18H,1-5H2. The number of anilines is 1. The van der Waals surface area contributed by atoms with Crippen molar-refractivity contribution >= 4 is 28.9 Å². The molecule has 1 aromatic carbocycles. The molecule has 2 atom stereocenters. The van der Waals surface area contributed by atoms with Crippen LogP contribution in [0.3, 0.4) is 0 Å². The van der Waals surface area contributed by atoms with Crippen LogP contribution < -0.4 is 5.32 Å². The molecule has 0 bridgehead atoms. The summed E-state index contributed by atoms with van der Waals surface area (Å²) in [6.07, 6.45) is 3.71. The first-order valence-electron chi connectivity index (χ1n) is 6.34. The number of fused-ring (bicyclic) bond motifs is 1. The summed E-state index contributed by atoms with van der Waals surface area (Å²) in [5, 5.41) is 13.6. The molecule has 5 heteroatoms. The van der Waals surface area contributed by atoms with Crippen LogP contribution >= 0.6 is 23.2 Å². The highest BCUT2D eigenvalue weighted by molar-refractivity contribution is 6.37. The number of benzene rings is 1. The number of phenolic OH excluding ortho intramolecular Hbond substituents is 1. The van der Waals surface area contributed by atoms with Gasteiger partial charge in [0.1, 0.15) is 0 Å². The number of aromatic hydroxyl groups is 1. The SMILES string of the molecule is Oc1c(Cl)cc(NC2CCN3CCCC23)cc1Cl. The molecule has 0 aromatic heterocycles. The maximum atomic E-state index is 9.54. The van der Waals surface area contributed by atoms with E-state index in [9.17, 15) is 5.11 Å². The largest absolute Gasteiger partial charge is 0.505 e. The van der Waals surface area contributed by atoms with Crippen LogP contribution in [0.15, 0.2) is 12.1 Å². The lowest BCUT2D eigenvalue weighted by Crippen LogP contribution is -2.33. The number of rotatable bonds is 2. The Bertz CT molecular complexity index is 443. The molecule has 0 amide bonds. The Balaban J connectivity index is 1.77. The predicted molar refractivity (Wildman–Crippen MR) is 74.7 cm³/mol. The molecule has 98 valence electrons. The highest BCUT2D eigenvalue weighted by Gasteiger charge is 2.37. The van der Waals surface area contributed by atoms with Crippen LogP contribution in [0.1, 0.15) is 19.3 Å². The summed E-state index contributed by atoms with van der Waals surface area (Å²) < 4.78 is 0. The van der Waals surface area contributed by atoms with Gasteiger partial charge in [-0.15, -0.1) is 0 Å². The fourth-order valence-corrected chi connectivity index (χ4v) is 3.60. The lowest BCUT2D eigenvalue weighted by atomic mass is 10.1. The van der Waals surface area contributed by atoms with E-state index in [1.165, 1.54) is 25.9 Å². The van der Waals surface area contributed by atoms with Gasteiger partial charge in [-0.05, 0) is 37.9 Å². The smallest absolute Gasteiger partial charge is 0.152 e. The van der Waals surface area contributed by atoms with Crippen LogP contribution in [0.25, 0.3) is 0 Å². The second-order valence-corrected chi connectivity index (χ2v) is 5.89. The summed E-state index contributed by atoms with van der Waals surface area (Å²) in [5.41, 5.74) is 0.890. The third-order valence-corrected chi connectivity index (χ3v) is 4.55. The van der Waals surface area contributed by atoms with E-state index < -0.39 is 0 Å². The van der Waals surface area contributed by atoms with Gasteiger partial charge in [-0.25, -0.2) is 0 Å². The zero-order valence-electron chi connectivity index (χ0n) is 10.00. The van der Waals surface area contributed by atoms with E-state index in [2.05, 4.69) is 10.2 Å². The van der Waals surface area contributed by atoms with Crippen LogP contribution in [0, 0.1) is 0 Å². The summed E-state index contributed by atoms with van der Waals surface area (Å²) in [6.45, 7) is 2.39. The number of hydrogen-bond donors (Lipinski definition) is 2. The molecule has 2 saturated heterocycles. The van der Waals surface area contributed by atoms with Gasteiger partial charge in [0.15, 0.2) is 5.75 Å². The normalized spacial score (nSPS) is 27.4. The Morgan fingerprint density at radius 1 is 1.17 bits per heavy atom. The monoisotopic (exact) mass is 286 g/mol. The number of halogens is 2. The lowest BCUT2D eigenvalue weighted by Gasteiger charge is -2.22. The van der Waals surface area contributed by atoms with E-state index in [1.807, 2.05) is 0 Å². The molecule has 18 heavy (non-hydrogen) atoms. The second-order valence-electron chi connectivity index (χ2n) is 5.07. The number of phenols is 1. The first-order chi connectivity index (χ1) is 8.65. The molecular weight excluding hydrogens is 271 g/mol. The predicted octanol–water partition coefficient (Wildman–Crippen LogP) is 3.35. The van der Waals surface area contributed by atoms with E-state index in [0.717, 1.165) is 12.1 Å². The third kappa shape index (κ3) is 2.15. The van der Waals surface area contributed by atoms with Crippen molar-refractivity contribution in [1.82, 2.24) is 4.90 Å². The van der Waals surface area contributed by atoms with Crippen molar-refractivity contribution in [3.63, 3.8) is 0 Å². The average molecular weight is 287 g/mol. The molecule has 1 aromatic rings. The van der Waals surface area contributed by atoms with Crippen LogP contribution in [-0.2, 0) is 0 Å². The van der Waals surface area contributed by atoms with Gasteiger partial charge in [-0.2, -0.15) is 0 Å². The molecule has 3 rings (SSSR count). The molecular formula is C13H16Cl2N2O. The topological polar surface area (TPSA) is 35.5 Å². The lowest BCUT2D eigenvalue weighted by molar-refractivity contribution is 0.318. The third-order valence-electron chi connectivity index (χ3n) is 3.97. The van der Waals surface area contributed by atoms with Gasteiger partial charge in [0.25, 0.3) is 0 Å². The van der Waals surface area contributed by atoms with E-state index in [0.29, 0.717) is 22.1 Å². The highest BCUT2D eigenvalue weighted by Crippen LogP contribution is 2.36. The maximum absolute atomic E-state index is 9.54. The van der Waals surface area contributed by atoms with Gasteiger partial charge in [0.2, 0.25) is 0 Å². The van der Waals surface area contributed by atoms with Crippen molar-refractivity contribution in [2.75, 3.05) is 18.4 Å². The van der Waals surface area contributed by atoms with Crippen LogP contribution in [0.2, 0.25) is 10.0 Å². The molecule has 2 aliphatic heterocycles. The summed E-state index contributed by atoms with van der Waals surface area (Å²) in [7, 11) is 0. The summed E-state index contributed by atoms with van der Waals surface area (Å²) in [6, 6.07) is 4.57. The van der Waals surface area contributed by atoms with Crippen molar-refractivity contribution in [2.24, 2.45) is 0 Å². The van der Waals surface area contributed by atoms with E-state index in [-0.39, 0.29) is 5.75 Å². The Hall–Kier alpha value is -0.640. The van der Waals surface area contributed by atoms with Gasteiger partial charge >= 0.3 is 0 Å². The Labute approximate surface area is 117 Å². The van der Waals surface area contributed by atoms with Gasteiger partial charge in [0, 0.05) is 24.3 Å². The van der Waals surface area contributed by atoms with Gasteiger partial charge in [-0.1, -0.05) is 23.2 Å². The van der Waals surface area contributed by atoms with E-state index in [1.54, 1.807) is 12.1 Å². The molecule has 2 N–H and O–H groups in total. The highest BCUT2D eigenvalue weighted by atomic mass is 35.5.